The smallest absolute Gasteiger partial charge is 0.329 e. The van der Waals surface area contributed by atoms with Crippen LogP contribution >= 0.6 is 0 Å². The number of halogens is 3. The zero-order chi connectivity index (χ0) is 12.3. The summed E-state index contributed by atoms with van der Waals surface area (Å²) < 4.78 is 35.6. The van der Waals surface area contributed by atoms with Gasteiger partial charge in [0.2, 0.25) is 0 Å². The number of urea groups is 1. The summed E-state index contributed by atoms with van der Waals surface area (Å²) in [6.07, 6.45) is -3.55. The van der Waals surface area contributed by atoms with Crippen molar-refractivity contribution in [3.63, 3.8) is 0 Å². The van der Waals surface area contributed by atoms with Crippen molar-refractivity contribution in [2.24, 2.45) is 11.7 Å². The summed E-state index contributed by atoms with van der Waals surface area (Å²) in [7, 11) is 0. The van der Waals surface area contributed by atoms with E-state index in [2.05, 4.69) is 0 Å². The Morgan fingerprint density at radius 2 is 2.12 bits per heavy atom. The zero-order valence-corrected chi connectivity index (χ0v) is 9.05. The van der Waals surface area contributed by atoms with E-state index in [0.29, 0.717) is 13.1 Å². The number of rotatable bonds is 2. The average molecular weight is 239 g/mol. The molecule has 1 aliphatic rings. The van der Waals surface area contributed by atoms with Gasteiger partial charge in [-0.15, -0.1) is 0 Å². The number of carbonyl (C=O) groups excluding carboxylic acids is 1. The van der Waals surface area contributed by atoms with Crippen LogP contribution in [0.5, 0.6) is 0 Å². The normalized spacial score (nSPS) is 25.9. The van der Waals surface area contributed by atoms with Gasteiger partial charge in [0.15, 0.2) is 0 Å². The fourth-order valence-electron chi connectivity index (χ4n) is 1.78. The third kappa shape index (κ3) is 3.55. The van der Waals surface area contributed by atoms with Crippen LogP contribution in [0.4, 0.5) is 18.0 Å². The minimum atomic E-state index is -4.37. The van der Waals surface area contributed by atoms with Crippen molar-refractivity contribution in [2.45, 2.75) is 25.6 Å². The Balaban J connectivity index is 2.39. The summed E-state index contributed by atoms with van der Waals surface area (Å²) in [6, 6.07) is -0.828. The molecule has 0 spiro atoms. The van der Waals surface area contributed by atoms with E-state index in [0.717, 1.165) is 6.42 Å². The maximum Gasteiger partial charge on any atom is 0.405 e. The Kier molecular flexibility index (Phi) is 4.01. The van der Waals surface area contributed by atoms with Crippen LogP contribution in [0, 0.1) is 5.92 Å². The molecule has 3 N–H and O–H groups in total. The summed E-state index contributed by atoms with van der Waals surface area (Å²) in [5.74, 6) is 0.177. The molecule has 2 amide bonds. The number of nitrogens with zero attached hydrogens (tertiary/aromatic N) is 1. The fourth-order valence-corrected chi connectivity index (χ4v) is 1.78. The summed E-state index contributed by atoms with van der Waals surface area (Å²) >= 11 is 0. The molecule has 2 atom stereocenters. The molecule has 94 valence electrons. The van der Waals surface area contributed by atoms with Crippen LogP contribution < -0.4 is 11.1 Å². The number of alkyl halides is 3. The number of nitrogens with two attached hydrogens (primary N) is 1. The van der Waals surface area contributed by atoms with Crippen LogP contribution in [0.15, 0.2) is 0 Å². The second-order valence-electron chi connectivity index (χ2n) is 4.01. The number of hydrogen-bond donors (Lipinski definition) is 2. The first-order valence-electron chi connectivity index (χ1n) is 5.18. The van der Waals surface area contributed by atoms with Gasteiger partial charge in [-0.25, -0.2) is 4.79 Å². The van der Waals surface area contributed by atoms with Crippen LogP contribution in [0.2, 0.25) is 0 Å². The van der Waals surface area contributed by atoms with Crippen molar-refractivity contribution >= 4 is 6.03 Å². The highest BCUT2D eigenvalue weighted by molar-refractivity contribution is 5.74. The van der Waals surface area contributed by atoms with E-state index < -0.39 is 18.8 Å². The Bertz CT molecular complexity index is 257. The topological polar surface area (TPSA) is 58.4 Å². The molecule has 0 saturated carbocycles. The van der Waals surface area contributed by atoms with Gasteiger partial charge in [0.1, 0.15) is 6.54 Å². The lowest BCUT2D eigenvalue weighted by Crippen LogP contribution is -2.43. The Morgan fingerprint density at radius 1 is 1.50 bits per heavy atom. The van der Waals surface area contributed by atoms with Gasteiger partial charge in [-0.05, 0) is 5.92 Å². The summed E-state index contributed by atoms with van der Waals surface area (Å²) in [5.41, 5.74) is 5.76. The lowest BCUT2D eigenvalue weighted by Gasteiger charge is -2.17. The van der Waals surface area contributed by atoms with Crippen molar-refractivity contribution in [1.29, 1.82) is 0 Å². The van der Waals surface area contributed by atoms with Gasteiger partial charge in [0.25, 0.3) is 0 Å². The number of carbonyl (C=O) groups is 1. The third-order valence-corrected chi connectivity index (χ3v) is 2.74. The van der Waals surface area contributed by atoms with Gasteiger partial charge in [-0.3, -0.25) is 0 Å². The van der Waals surface area contributed by atoms with Crippen LogP contribution in [0.25, 0.3) is 0 Å². The van der Waals surface area contributed by atoms with E-state index in [1.54, 1.807) is 0 Å². The van der Waals surface area contributed by atoms with Crippen molar-refractivity contribution in [1.82, 2.24) is 10.2 Å². The van der Waals surface area contributed by atoms with Gasteiger partial charge in [0, 0.05) is 19.1 Å². The van der Waals surface area contributed by atoms with Crippen molar-refractivity contribution in [3.05, 3.63) is 0 Å². The molecule has 1 fully saturated rings. The molecular weight excluding hydrogens is 223 g/mol. The standard InChI is InChI=1S/C9H16F3N3O/c1-2-6-3-15(4-7(6)13)8(16)14-5-9(10,11)12/h6-7H,2-5,13H2,1H3,(H,14,16)/t6-,7-/m0/s1. The van der Waals surface area contributed by atoms with E-state index >= 15 is 0 Å². The molecule has 0 aromatic heterocycles. The van der Waals surface area contributed by atoms with Crippen LogP contribution in [0.3, 0.4) is 0 Å². The Hall–Kier alpha value is -0.980. The largest absolute Gasteiger partial charge is 0.405 e. The zero-order valence-electron chi connectivity index (χ0n) is 9.05. The number of amides is 2. The van der Waals surface area contributed by atoms with E-state index in [1.165, 1.54) is 4.90 Å². The van der Waals surface area contributed by atoms with E-state index in [1.807, 2.05) is 12.2 Å². The molecule has 1 heterocycles. The summed E-state index contributed by atoms with van der Waals surface area (Å²) in [6.45, 7) is 1.40. The van der Waals surface area contributed by atoms with Crippen LogP contribution in [-0.2, 0) is 0 Å². The first-order chi connectivity index (χ1) is 7.33. The highest BCUT2D eigenvalue weighted by Crippen LogP contribution is 2.18. The molecule has 1 rings (SSSR count). The fraction of sp³-hybridized carbons (Fsp3) is 0.889. The lowest BCUT2D eigenvalue weighted by atomic mass is 10.0. The number of hydrogen-bond acceptors (Lipinski definition) is 2. The van der Waals surface area contributed by atoms with Gasteiger partial charge in [-0.2, -0.15) is 13.2 Å². The molecule has 0 bridgehead atoms. The van der Waals surface area contributed by atoms with Gasteiger partial charge in [-0.1, -0.05) is 13.3 Å². The predicted octanol–water partition coefficient (Wildman–Crippen LogP) is 0.927. The molecule has 0 aromatic carbocycles. The average Bonchev–Trinajstić information content (AvgIpc) is 2.55. The molecule has 0 radical (unpaired) electrons. The summed E-state index contributed by atoms with van der Waals surface area (Å²) in [4.78, 5) is 12.7. The van der Waals surface area contributed by atoms with Gasteiger partial charge < -0.3 is 16.0 Å². The number of likely N-dealkylation sites (tertiary alicyclic amines) is 1. The Morgan fingerprint density at radius 3 is 2.56 bits per heavy atom. The molecule has 16 heavy (non-hydrogen) atoms. The molecule has 0 unspecified atom stereocenters. The minimum Gasteiger partial charge on any atom is -0.329 e. The monoisotopic (exact) mass is 239 g/mol. The second kappa shape index (κ2) is 4.90. The number of nitrogens with one attached hydrogen (secondary N) is 1. The SMILES string of the molecule is CC[C@H]1CN(C(=O)NCC(F)(F)F)C[C@@H]1N. The first-order valence-corrected chi connectivity index (χ1v) is 5.18. The van der Waals surface area contributed by atoms with E-state index in [-0.39, 0.29) is 12.0 Å². The highest BCUT2D eigenvalue weighted by atomic mass is 19.4. The first kappa shape index (κ1) is 13.1. The molecule has 7 heteroatoms. The predicted molar refractivity (Wildman–Crippen MR) is 52.8 cm³/mol. The van der Waals surface area contributed by atoms with Crippen molar-refractivity contribution in [3.8, 4) is 0 Å². The summed E-state index contributed by atoms with van der Waals surface area (Å²) in [5, 5.41) is 1.84. The van der Waals surface area contributed by atoms with E-state index in [4.69, 9.17) is 5.73 Å². The second-order valence-corrected chi connectivity index (χ2v) is 4.01. The molecule has 1 saturated heterocycles. The van der Waals surface area contributed by atoms with Crippen LogP contribution in [-0.4, -0.2) is 42.8 Å². The highest BCUT2D eigenvalue weighted by Gasteiger charge is 2.34. The van der Waals surface area contributed by atoms with Gasteiger partial charge in [0.05, 0.1) is 0 Å². The van der Waals surface area contributed by atoms with E-state index in [9.17, 15) is 18.0 Å². The third-order valence-electron chi connectivity index (χ3n) is 2.74. The molecule has 0 aromatic rings. The van der Waals surface area contributed by atoms with Crippen molar-refractivity contribution < 1.29 is 18.0 Å². The molecule has 0 aliphatic carbocycles. The maximum atomic E-state index is 11.9. The van der Waals surface area contributed by atoms with Crippen LogP contribution in [0.1, 0.15) is 13.3 Å². The minimum absolute atomic E-state index is 0.137. The molecule has 1 aliphatic heterocycles. The lowest BCUT2D eigenvalue weighted by molar-refractivity contribution is -0.123. The molecule has 4 nitrogen and oxygen atoms in total. The van der Waals surface area contributed by atoms with Crippen molar-refractivity contribution in [2.75, 3.05) is 19.6 Å². The molecular formula is C9H16F3N3O. The Labute approximate surface area is 92.0 Å². The maximum absolute atomic E-state index is 11.9. The van der Waals surface area contributed by atoms with Gasteiger partial charge >= 0.3 is 12.2 Å². The quantitative estimate of drug-likeness (QED) is 0.753.